The van der Waals surface area contributed by atoms with Crippen molar-refractivity contribution in [2.24, 2.45) is 0 Å². The van der Waals surface area contributed by atoms with Crippen molar-refractivity contribution in [3.8, 4) is 0 Å². The van der Waals surface area contributed by atoms with E-state index in [9.17, 15) is 14.4 Å². The summed E-state index contributed by atoms with van der Waals surface area (Å²) in [5.41, 5.74) is 0. The zero-order chi connectivity index (χ0) is 57.1. The number of rotatable bonds is 56. The Hall–Kier alpha value is -4.97. The maximum Gasteiger partial charge on any atom is 0.306 e. The molecule has 0 N–H and O–H groups in total. The Morgan fingerprint density at radius 1 is 0.266 bits per heavy atom. The second-order valence-corrected chi connectivity index (χ2v) is 20.6. The number of hydrogen-bond donors (Lipinski definition) is 0. The second-order valence-electron chi connectivity index (χ2n) is 20.6. The molecule has 0 aromatic heterocycles. The number of ether oxygens (including phenoxy) is 3. The van der Waals surface area contributed by atoms with Crippen LogP contribution in [0.3, 0.4) is 0 Å². The molecule has 0 aliphatic rings. The first kappa shape index (κ1) is 74.0. The summed E-state index contributed by atoms with van der Waals surface area (Å²) < 4.78 is 16.8. The lowest BCUT2D eigenvalue weighted by Crippen LogP contribution is -2.30. The molecular formula is C73H116O6. The molecule has 0 saturated carbocycles. The van der Waals surface area contributed by atoms with Crippen LogP contribution in [-0.4, -0.2) is 37.2 Å². The molecule has 0 aliphatic heterocycles. The Kier molecular flexibility index (Phi) is 61.4. The van der Waals surface area contributed by atoms with Crippen molar-refractivity contribution >= 4 is 17.9 Å². The lowest BCUT2D eigenvalue weighted by atomic mass is 10.1. The fraction of sp³-hybridized carbons (Fsp3) is 0.603. The van der Waals surface area contributed by atoms with E-state index in [1.54, 1.807) is 0 Å². The molecule has 0 heterocycles. The van der Waals surface area contributed by atoms with Crippen LogP contribution < -0.4 is 0 Å². The van der Waals surface area contributed by atoms with Crippen LogP contribution in [0.2, 0.25) is 0 Å². The highest BCUT2D eigenvalue weighted by Gasteiger charge is 2.19. The van der Waals surface area contributed by atoms with Gasteiger partial charge in [0.05, 0.1) is 0 Å². The maximum atomic E-state index is 12.9. The summed E-state index contributed by atoms with van der Waals surface area (Å²) in [6.45, 7) is 6.41. The third-order valence-corrected chi connectivity index (χ3v) is 13.0. The molecule has 0 bridgehead atoms. The minimum absolute atomic E-state index is 0.107. The minimum atomic E-state index is -0.814. The zero-order valence-corrected chi connectivity index (χ0v) is 50.8. The number of esters is 3. The van der Waals surface area contributed by atoms with Gasteiger partial charge in [-0.2, -0.15) is 0 Å². The highest BCUT2D eigenvalue weighted by Crippen LogP contribution is 2.13. The molecule has 0 spiro atoms. The van der Waals surface area contributed by atoms with Crippen LogP contribution >= 0.6 is 0 Å². The lowest BCUT2D eigenvalue weighted by molar-refractivity contribution is -0.167. The van der Waals surface area contributed by atoms with Gasteiger partial charge in [-0.15, -0.1) is 0 Å². The van der Waals surface area contributed by atoms with E-state index < -0.39 is 6.10 Å². The van der Waals surface area contributed by atoms with Crippen molar-refractivity contribution in [2.45, 2.75) is 271 Å². The van der Waals surface area contributed by atoms with Gasteiger partial charge in [-0.3, -0.25) is 14.4 Å². The van der Waals surface area contributed by atoms with Crippen LogP contribution in [0, 0.1) is 0 Å². The summed E-state index contributed by atoms with van der Waals surface area (Å²) >= 11 is 0. The summed E-state index contributed by atoms with van der Waals surface area (Å²) in [6.07, 6.45) is 95.4. The van der Waals surface area contributed by atoms with E-state index in [4.69, 9.17) is 14.2 Å². The number of allylic oxidation sites excluding steroid dienone is 26. The topological polar surface area (TPSA) is 78.9 Å². The average molecular weight is 1090 g/mol. The summed E-state index contributed by atoms with van der Waals surface area (Å²) in [5, 5.41) is 0. The van der Waals surface area contributed by atoms with E-state index >= 15 is 0 Å². The van der Waals surface area contributed by atoms with E-state index in [1.807, 2.05) is 0 Å². The summed E-state index contributed by atoms with van der Waals surface area (Å²) in [5.74, 6) is -0.979. The predicted molar refractivity (Wildman–Crippen MR) is 343 cm³/mol. The molecule has 1 unspecified atom stereocenters. The largest absolute Gasteiger partial charge is 0.462 e. The molecule has 6 heteroatoms. The fourth-order valence-electron chi connectivity index (χ4n) is 8.19. The number of carbonyl (C=O) groups excluding carboxylic acids is 3. The first-order chi connectivity index (χ1) is 39.0. The molecular weight excluding hydrogens is 973 g/mol. The van der Waals surface area contributed by atoms with E-state index in [0.717, 1.165) is 154 Å². The smallest absolute Gasteiger partial charge is 0.306 e. The number of unbranched alkanes of at least 4 members (excludes halogenated alkanes) is 19. The van der Waals surface area contributed by atoms with Gasteiger partial charge in [0.15, 0.2) is 6.10 Å². The van der Waals surface area contributed by atoms with Crippen molar-refractivity contribution in [3.05, 3.63) is 158 Å². The molecule has 0 aromatic carbocycles. The normalized spacial score (nSPS) is 13.2. The van der Waals surface area contributed by atoms with Crippen LogP contribution in [0.15, 0.2) is 158 Å². The van der Waals surface area contributed by atoms with Crippen molar-refractivity contribution < 1.29 is 28.6 Å². The highest BCUT2D eigenvalue weighted by molar-refractivity contribution is 5.71. The standard InChI is InChI=1S/C73H116O6/c1-4-7-10-13-16-19-22-25-28-29-30-31-32-33-34-35-36-37-38-39-40-41-42-43-44-45-46-49-51-54-57-60-63-66-72(75)78-69-70(79-73(76)67-64-61-58-55-52-48-27-24-21-18-15-12-9-6-3)68-77-71(74)65-62-59-56-53-50-47-26-23-20-17-14-11-8-5-2/h7,10,15-16,18-19,23-28,30-31,33-34,36-37,39-40,42-43,45-46,51,54,70H,4-6,8-9,11-14,17,20-22,29,32,35,38,41,44,47-50,52-53,55-69H2,1-3H3/b10-7-,18-15-,19-16-,26-23-,27-24-,28-25-,31-30-,34-33-,37-36-,40-39-,43-42-,46-45-,54-51-. The number of hydrogen-bond acceptors (Lipinski definition) is 6. The lowest BCUT2D eigenvalue weighted by Gasteiger charge is -2.18. The van der Waals surface area contributed by atoms with Gasteiger partial charge in [0, 0.05) is 19.3 Å². The van der Waals surface area contributed by atoms with E-state index in [2.05, 4.69) is 179 Å². The van der Waals surface area contributed by atoms with Crippen LogP contribution in [0.4, 0.5) is 0 Å². The maximum absolute atomic E-state index is 12.9. The predicted octanol–water partition coefficient (Wildman–Crippen LogP) is 22.1. The Balaban J connectivity index is 4.40. The van der Waals surface area contributed by atoms with Crippen LogP contribution in [-0.2, 0) is 28.6 Å². The van der Waals surface area contributed by atoms with E-state index in [-0.39, 0.29) is 31.1 Å². The third kappa shape index (κ3) is 63.7. The van der Waals surface area contributed by atoms with Crippen LogP contribution in [0.25, 0.3) is 0 Å². The molecule has 79 heavy (non-hydrogen) atoms. The van der Waals surface area contributed by atoms with Crippen LogP contribution in [0.5, 0.6) is 0 Å². The van der Waals surface area contributed by atoms with Gasteiger partial charge in [0.1, 0.15) is 13.2 Å². The Morgan fingerprint density at radius 2 is 0.506 bits per heavy atom. The molecule has 0 fully saturated rings. The van der Waals surface area contributed by atoms with Crippen molar-refractivity contribution in [2.75, 3.05) is 13.2 Å². The molecule has 1 atom stereocenters. The molecule has 0 rings (SSSR count). The molecule has 6 nitrogen and oxygen atoms in total. The Labute approximate surface area is 486 Å². The summed E-state index contributed by atoms with van der Waals surface area (Å²) in [4.78, 5) is 38.2. The van der Waals surface area contributed by atoms with Gasteiger partial charge >= 0.3 is 17.9 Å². The quantitative estimate of drug-likeness (QED) is 0.0261. The van der Waals surface area contributed by atoms with Crippen molar-refractivity contribution in [1.29, 1.82) is 0 Å². The Morgan fingerprint density at radius 3 is 0.848 bits per heavy atom. The first-order valence-electron chi connectivity index (χ1n) is 32.0. The third-order valence-electron chi connectivity index (χ3n) is 13.0. The number of carbonyl (C=O) groups is 3. The molecule has 0 saturated heterocycles. The van der Waals surface area contributed by atoms with Crippen LogP contribution in [0.1, 0.15) is 265 Å². The zero-order valence-electron chi connectivity index (χ0n) is 50.8. The van der Waals surface area contributed by atoms with Gasteiger partial charge < -0.3 is 14.2 Å². The van der Waals surface area contributed by atoms with Gasteiger partial charge in [0.2, 0.25) is 0 Å². The fourth-order valence-corrected chi connectivity index (χ4v) is 8.19. The molecule has 0 aliphatic carbocycles. The summed E-state index contributed by atoms with van der Waals surface area (Å²) in [6, 6.07) is 0. The van der Waals surface area contributed by atoms with Gasteiger partial charge in [-0.25, -0.2) is 0 Å². The van der Waals surface area contributed by atoms with E-state index in [0.29, 0.717) is 25.7 Å². The highest BCUT2D eigenvalue weighted by atomic mass is 16.6. The SMILES string of the molecule is CC/C=C\C/C=C\C/C=C\C/C=C\C/C=C\C/C=C\C/C=C\C/C=C\C/C=C\C/C=C\CCCCC(=O)OCC(COC(=O)CCCCCCC/C=C\CCCCCCC)OC(=O)CCCCCCC/C=C\C/C=C\CCCC. The molecule has 0 aromatic rings. The summed E-state index contributed by atoms with van der Waals surface area (Å²) in [7, 11) is 0. The molecule has 0 amide bonds. The van der Waals surface area contributed by atoms with Gasteiger partial charge in [0.25, 0.3) is 0 Å². The van der Waals surface area contributed by atoms with E-state index in [1.165, 1.54) is 64.2 Å². The van der Waals surface area contributed by atoms with Gasteiger partial charge in [-0.05, 0) is 148 Å². The molecule has 0 radical (unpaired) electrons. The minimum Gasteiger partial charge on any atom is -0.462 e. The first-order valence-corrected chi connectivity index (χ1v) is 32.0. The average Bonchev–Trinajstić information content (AvgIpc) is 3.45. The van der Waals surface area contributed by atoms with Crippen molar-refractivity contribution in [3.63, 3.8) is 0 Å². The molecule has 444 valence electrons. The van der Waals surface area contributed by atoms with Gasteiger partial charge in [-0.1, -0.05) is 256 Å². The Bertz CT molecular complexity index is 1780. The second kappa shape index (κ2) is 65.5. The van der Waals surface area contributed by atoms with Crippen molar-refractivity contribution in [1.82, 2.24) is 0 Å². The monoisotopic (exact) mass is 1090 g/mol.